The Hall–Kier alpha value is -1.74. The summed E-state index contributed by atoms with van der Waals surface area (Å²) in [5.41, 5.74) is 2.19. The van der Waals surface area contributed by atoms with Gasteiger partial charge in [0.25, 0.3) is 0 Å². The summed E-state index contributed by atoms with van der Waals surface area (Å²) in [6.45, 7) is 0.769. The Morgan fingerprint density at radius 1 is 1.18 bits per heavy atom. The Balaban J connectivity index is 2.04. The van der Waals surface area contributed by atoms with Gasteiger partial charge in [-0.1, -0.05) is 17.7 Å². The molecule has 0 radical (unpaired) electrons. The molecule has 0 unspecified atom stereocenters. The molecule has 0 atom stereocenters. The highest BCUT2D eigenvalue weighted by Gasteiger charge is 2.05. The van der Waals surface area contributed by atoms with Gasteiger partial charge in [0, 0.05) is 35.4 Å². The molecule has 4 heteroatoms. The first kappa shape index (κ1) is 10.4. The minimum Gasteiger partial charge on any atom is -0.341 e. The van der Waals surface area contributed by atoms with E-state index < -0.39 is 0 Å². The highest BCUT2D eigenvalue weighted by atomic mass is 35.5. The maximum atomic E-state index is 6.14. The lowest BCUT2D eigenvalue weighted by molar-refractivity contribution is 0.716. The van der Waals surface area contributed by atoms with Gasteiger partial charge >= 0.3 is 0 Å². The molecule has 0 aliphatic carbocycles. The fraction of sp³-hybridized carbons (Fsp3) is 0.154. The zero-order chi connectivity index (χ0) is 11.8. The number of hydrogen-bond acceptors (Lipinski definition) is 1. The fourth-order valence-electron chi connectivity index (χ4n) is 2.05. The lowest BCUT2D eigenvalue weighted by atomic mass is 10.2. The molecule has 0 saturated heterocycles. The minimum absolute atomic E-state index is 0.769. The summed E-state index contributed by atoms with van der Waals surface area (Å²) in [5.74, 6) is 0. The van der Waals surface area contributed by atoms with Crippen molar-refractivity contribution in [2.24, 2.45) is 7.05 Å². The average molecular weight is 246 g/mol. The number of aryl methyl sites for hydroxylation is 1. The first-order chi connectivity index (χ1) is 8.24. The summed E-state index contributed by atoms with van der Waals surface area (Å²) in [7, 11) is 1.92. The van der Waals surface area contributed by atoms with Crippen LogP contribution in [-0.4, -0.2) is 14.3 Å². The Morgan fingerprint density at radius 3 is 2.82 bits per heavy atom. The van der Waals surface area contributed by atoms with Gasteiger partial charge in [-0.2, -0.15) is 5.10 Å². The summed E-state index contributed by atoms with van der Waals surface area (Å²) in [4.78, 5) is 0. The molecular formula is C13H12ClN3. The Morgan fingerprint density at radius 2 is 2.06 bits per heavy atom. The largest absolute Gasteiger partial charge is 0.341 e. The van der Waals surface area contributed by atoms with Crippen molar-refractivity contribution in [3.8, 4) is 0 Å². The smallest absolute Gasteiger partial charge is 0.0821 e. The van der Waals surface area contributed by atoms with Crippen LogP contribution >= 0.6 is 11.6 Å². The van der Waals surface area contributed by atoms with Gasteiger partial charge in [0.2, 0.25) is 0 Å². The van der Waals surface area contributed by atoms with Crippen LogP contribution in [0.15, 0.2) is 42.7 Å². The monoisotopic (exact) mass is 245 g/mol. The van der Waals surface area contributed by atoms with E-state index in [-0.39, 0.29) is 0 Å². The number of aromatic nitrogens is 3. The maximum Gasteiger partial charge on any atom is 0.0821 e. The van der Waals surface area contributed by atoms with Gasteiger partial charge in [-0.15, -0.1) is 0 Å². The number of hydrogen-bond donors (Lipinski definition) is 0. The predicted molar refractivity (Wildman–Crippen MR) is 69.3 cm³/mol. The Labute approximate surface area is 104 Å². The summed E-state index contributed by atoms with van der Waals surface area (Å²) in [6.07, 6.45) is 4.00. The molecule has 0 N–H and O–H groups in total. The van der Waals surface area contributed by atoms with Crippen LogP contribution in [0.5, 0.6) is 0 Å². The molecule has 2 aromatic heterocycles. The standard InChI is InChI=1S/C13H12ClN3/c1-16-7-5-10(15-16)9-17-8-6-11-12(14)3-2-4-13(11)17/h2-8H,9H2,1H3. The van der Waals surface area contributed by atoms with Crippen molar-refractivity contribution in [3.63, 3.8) is 0 Å². The molecule has 3 rings (SSSR count). The normalized spacial score (nSPS) is 11.2. The Bertz CT molecular complexity index is 666. The first-order valence-electron chi connectivity index (χ1n) is 5.46. The van der Waals surface area contributed by atoms with Crippen molar-refractivity contribution in [3.05, 3.63) is 53.4 Å². The molecule has 0 bridgehead atoms. The van der Waals surface area contributed by atoms with E-state index in [2.05, 4.69) is 15.7 Å². The predicted octanol–water partition coefficient (Wildman–Crippen LogP) is 3.08. The van der Waals surface area contributed by atoms with Crippen LogP contribution < -0.4 is 0 Å². The lowest BCUT2D eigenvalue weighted by Crippen LogP contribution is -1.99. The van der Waals surface area contributed by atoms with Gasteiger partial charge in [-0.25, -0.2) is 0 Å². The third kappa shape index (κ3) is 1.83. The average Bonchev–Trinajstić information content (AvgIpc) is 2.88. The molecule has 0 aliphatic heterocycles. The molecule has 3 aromatic rings. The quantitative estimate of drug-likeness (QED) is 0.680. The van der Waals surface area contributed by atoms with E-state index in [1.165, 1.54) is 0 Å². The lowest BCUT2D eigenvalue weighted by Gasteiger charge is -2.03. The number of rotatable bonds is 2. The zero-order valence-corrected chi connectivity index (χ0v) is 10.2. The third-order valence-electron chi connectivity index (χ3n) is 2.86. The van der Waals surface area contributed by atoms with E-state index in [4.69, 9.17) is 11.6 Å². The highest BCUT2D eigenvalue weighted by Crippen LogP contribution is 2.24. The summed E-state index contributed by atoms with van der Waals surface area (Å²) >= 11 is 6.14. The van der Waals surface area contributed by atoms with Crippen LogP contribution in [0.25, 0.3) is 10.9 Å². The zero-order valence-electron chi connectivity index (χ0n) is 9.47. The first-order valence-corrected chi connectivity index (χ1v) is 5.84. The van der Waals surface area contributed by atoms with E-state index in [0.29, 0.717) is 0 Å². The molecule has 0 amide bonds. The summed E-state index contributed by atoms with van der Waals surface area (Å²) in [6, 6.07) is 10.0. The van der Waals surface area contributed by atoms with Crippen LogP contribution in [0, 0.1) is 0 Å². The van der Waals surface area contributed by atoms with Crippen LogP contribution in [0.2, 0.25) is 5.02 Å². The number of halogens is 1. The number of fused-ring (bicyclic) bond motifs is 1. The SMILES string of the molecule is Cn1ccc(Cn2ccc3c(Cl)cccc32)n1. The topological polar surface area (TPSA) is 22.8 Å². The van der Waals surface area contributed by atoms with Crippen LogP contribution in [0.4, 0.5) is 0 Å². The molecule has 0 spiro atoms. The molecule has 0 fully saturated rings. The molecule has 2 heterocycles. The van der Waals surface area contributed by atoms with E-state index >= 15 is 0 Å². The van der Waals surface area contributed by atoms with Crippen molar-refractivity contribution in [2.75, 3.05) is 0 Å². The molecule has 0 saturated carbocycles. The van der Waals surface area contributed by atoms with E-state index in [1.807, 2.05) is 48.4 Å². The van der Waals surface area contributed by atoms with Gasteiger partial charge < -0.3 is 4.57 Å². The van der Waals surface area contributed by atoms with Gasteiger partial charge in [0.05, 0.1) is 12.2 Å². The second-order valence-corrected chi connectivity index (χ2v) is 4.50. The van der Waals surface area contributed by atoms with Gasteiger partial charge in [-0.3, -0.25) is 4.68 Å². The minimum atomic E-state index is 0.769. The molecule has 0 aliphatic rings. The maximum absolute atomic E-state index is 6.14. The molecule has 1 aromatic carbocycles. The summed E-state index contributed by atoms with van der Waals surface area (Å²) in [5, 5.41) is 6.26. The second kappa shape index (κ2) is 3.93. The summed E-state index contributed by atoms with van der Waals surface area (Å²) < 4.78 is 3.97. The van der Waals surface area contributed by atoms with Crippen molar-refractivity contribution < 1.29 is 0 Å². The molecule has 86 valence electrons. The highest BCUT2D eigenvalue weighted by molar-refractivity contribution is 6.35. The fourth-order valence-corrected chi connectivity index (χ4v) is 2.28. The van der Waals surface area contributed by atoms with Crippen molar-refractivity contribution >= 4 is 22.5 Å². The van der Waals surface area contributed by atoms with Gasteiger partial charge in [0.15, 0.2) is 0 Å². The second-order valence-electron chi connectivity index (χ2n) is 4.10. The van der Waals surface area contributed by atoms with Crippen LogP contribution in [0.3, 0.4) is 0 Å². The van der Waals surface area contributed by atoms with Crippen molar-refractivity contribution in [2.45, 2.75) is 6.54 Å². The third-order valence-corrected chi connectivity index (χ3v) is 3.19. The van der Waals surface area contributed by atoms with Crippen molar-refractivity contribution in [1.29, 1.82) is 0 Å². The van der Waals surface area contributed by atoms with Crippen LogP contribution in [-0.2, 0) is 13.6 Å². The van der Waals surface area contributed by atoms with Crippen LogP contribution in [0.1, 0.15) is 5.69 Å². The van der Waals surface area contributed by atoms with Gasteiger partial charge in [-0.05, 0) is 24.3 Å². The van der Waals surface area contributed by atoms with Crippen molar-refractivity contribution in [1.82, 2.24) is 14.3 Å². The van der Waals surface area contributed by atoms with E-state index in [0.717, 1.165) is 28.2 Å². The van der Waals surface area contributed by atoms with E-state index in [1.54, 1.807) is 0 Å². The molecular weight excluding hydrogens is 234 g/mol. The molecule has 17 heavy (non-hydrogen) atoms. The van der Waals surface area contributed by atoms with Gasteiger partial charge in [0.1, 0.15) is 0 Å². The molecule has 3 nitrogen and oxygen atoms in total. The number of nitrogens with zero attached hydrogens (tertiary/aromatic N) is 3. The Kier molecular flexibility index (Phi) is 2.41. The number of benzene rings is 1. The van der Waals surface area contributed by atoms with E-state index in [9.17, 15) is 0 Å².